The zero-order valence-electron chi connectivity index (χ0n) is 4.40. The van der Waals surface area contributed by atoms with E-state index in [1.165, 1.54) is 6.20 Å². The van der Waals surface area contributed by atoms with Gasteiger partial charge in [-0.15, -0.1) is 0 Å². The minimum absolute atomic E-state index is 0.571. The molecule has 9 heavy (non-hydrogen) atoms. The van der Waals surface area contributed by atoms with Crippen molar-refractivity contribution in [2.24, 2.45) is 0 Å². The topological polar surface area (TPSA) is 55.1 Å². The highest BCUT2D eigenvalue weighted by Crippen LogP contribution is 2.10. The molecule has 0 aliphatic carbocycles. The van der Waals surface area contributed by atoms with Gasteiger partial charge in [-0.05, 0) is 0 Å². The summed E-state index contributed by atoms with van der Waals surface area (Å²) in [7, 11) is 0. The molecule has 0 saturated heterocycles. The molecule has 4 nitrogen and oxygen atoms in total. The lowest BCUT2D eigenvalue weighted by Gasteiger charge is -1.86. The molecule has 1 rings (SSSR count). The van der Waals surface area contributed by atoms with Crippen molar-refractivity contribution in [2.75, 3.05) is 0 Å². The Morgan fingerprint density at radius 1 is 1.89 bits per heavy atom. The van der Waals surface area contributed by atoms with Gasteiger partial charge in [0.25, 0.3) is 0 Å². The summed E-state index contributed by atoms with van der Waals surface area (Å²) in [5.74, 6) is 0. The van der Waals surface area contributed by atoms with Crippen LogP contribution in [0.15, 0.2) is 21.9 Å². The minimum atomic E-state index is 0.571. The lowest BCUT2D eigenvalue weighted by Crippen LogP contribution is -1.95. The molecular weight excluding hydrogens is 140 g/mol. The molecule has 1 aromatic rings. The Morgan fingerprint density at radius 2 is 2.78 bits per heavy atom. The third kappa shape index (κ3) is 1.77. The highest BCUT2D eigenvalue weighted by molar-refractivity contribution is 7.97. The summed E-state index contributed by atoms with van der Waals surface area (Å²) in [5, 5.41) is 3.99. The Morgan fingerprint density at radius 3 is 3.33 bits per heavy atom. The number of hydrogen-bond donors (Lipinski definition) is 1. The summed E-state index contributed by atoms with van der Waals surface area (Å²) in [5.41, 5.74) is 0. The molecule has 1 amide bonds. The Labute approximate surface area is 55.7 Å². The fourth-order valence-electron chi connectivity index (χ4n) is 0.339. The predicted molar refractivity (Wildman–Crippen MR) is 31.6 cm³/mol. The second-order valence-electron chi connectivity index (χ2n) is 1.17. The molecular formula is C4H4N2O2S. The van der Waals surface area contributed by atoms with E-state index in [1.54, 1.807) is 6.07 Å². The van der Waals surface area contributed by atoms with Gasteiger partial charge in [0.05, 0.1) is 6.20 Å². The average molecular weight is 144 g/mol. The van der Waals surface area contributed by atoms with Gasteiger partial charge in [0, 0.05) is 18.0 Å². The zero-order chi connectivity index (χ0) is 6.53. The van der Waals surface area contributed by atoms with E-state index in [-0.39, 0.29) is 0 Å². The van der Waals surface area contributed by atoms with E-state index >= 15 is 0 Å². The number of hydrogen-bond acceptors (Lipinski definition) is 4. The van der Waals surface area contributed by atoms with E-state index in [1.807, 2.05) is 0 Å². The number of carbonyl (C=O) groups excluding carboxylic acids is 1. The molecule has 0 unspecified atom stereocenters. The maximum absolute atomic E-state index is 9.71. The first-order valence-corrected chi connectivity index (χ1v) is 3.02. The van der Waals surface area contributed by atoms with Gasteiger partial charge in [0.2, 0.25) is 11.5 Å². The summed E-state index contributed by atoms with van der Waals surface area (Å²) in [4.78, 5) is 9.71. The molecule has 5 heteroatoms. The number of nitrogens with one attached hydrogen (secondary N) is 1. The van der Waals surface area contributed by atoms with Crippen LogP contribution in [0.1, 0.15) is 0 Å². The van der Waals surface area contributed by atoms with Crippen LogP contribution in [0.4, 0.5) is 0 Å². The second kappa shape index (κ2) is 3.13. The number of rotatable bonds is 3. The fourth-order valence-corrected chi connectivity index (χ4v) is 0.712. The van der Waals surface area contributed by atoms with E-state index in [0.717, 1.165) is 11.9 Å². The van der Waals surface area contributed by atoms with Crippen molar-refractivity contribution in [3.63, 3.8) is 0 Å². The van der Waals surface area contributed by atoms with Gasteiger partial charge in [0.1, 0.15) is 0 Å². The molecule has 0 aliphatic heterocycles. The van der Waals surface area contributed by atoms with Gasteiger partial charge in [0.15, 0.2) is 0 Å². The van der Waals surface area contributed by atoms with Crippen molar-refractivity contribution in [2.45, 2.75) is 5.09 Å². The van der Waals surface area contributed by atoms with Gasteiger partial charge in [-0.3, -0.25) is 9.52 Å². The van der Waals surface area contributed by atoms with Crippen molar-refractivity contribution in [3.05, 3.63) is 12.3 Å². The minimum Gasteiger partial charge on any atom is -0.348 e. The molecule has 0 fully saturated rings. The Bertz CT molecular complexity index is 175. The molecule has 0 saturated carbocycles. The van der Waals surface area contributed by atoms with Gasteiger partial charge < -0.3 is 4.52 Å². The summed E-state index contributed by atoms with van der Waals surface area (Å²) in [6, 6.07) is 1.65. The smallest absolute Gasteiger partial charge is 0.217 e. The molecule has 1 heterocycles. The highest BCUT2D eigenvalue weighted by Gasteiger charge is 1.93. The van der Waals surface area contributed by atoms with Crippen LogP contribution in [-0.2, 0) is 4.79 Å². The first kappa shape index (κ1) is 6.15. The first-order chi connectivity index (χ1) is 4.43. The quantitative estimate of drug-likeness (QED) is 0.493. The van der Waals surface area contributed by atoms with Crippen LogP contribution < -0.4 is 4.72 Å². The summed E-state index contributed by atoms with van der Waals surface area (Å²) >= 11 is 1.08. The Balaban J connectivity index is 2.38. The van der Waals surface area contributed by atoms with Crippen molar-refractivity contribution in [3.8, 4) is 0 Å². The lowest BCUT2D eigenvalue weighted by molar-refractivity contribution is -0.107. The summed E-state index contributed by atoms with van der Waals surface area (Å²) < 4.78 is 6.98. The van der Waals surface area contributed by atoms with Gasteiger partial charge >= 0.3 is 0 Å². The molecule has 0 spiro atoms. The van der Waals surface area contributed by atoms with Crippen LogP contribution in [0.3, 0.4) is 0 Å². The van der Waals surface area contributed by atoms with Crippen LogP contribution in [0.5, 0.6) is 0 Å². The molecule has 0 atom stereocenters. The number of carbonyl (C=O) groups is 1. The average Bonchev–Trinajstić information content (AvgIpc) is 2.34. The van der Waals surface area contributed by atoms with Crippen molar-refractivity contribution in [1.29, 1.82) is 0 Å². The molecule has 0 aliphatic rings. The van der Waals surface area contributed by atoms with E-state index in [2.05, 4.69) is 14.4 Å². The van der Waals surface area contributed by atoms with Crippen molar-refractivity contribution < 1.29 is 9.32 Å². The third-order valence-electron chi connectivity index (χ3n) is 0.622. The molecule has 1 N–H and O–H groups in total. The second-order valence-corrected chi connectivity index (χ2v) is 2.01. The number of amides is 1. The lowest BCUT2D eigenvalue weighted by atomic mass is 10.8. The molecule has 1 aromatic heterocycles. The number of aromatic nitrogens is 1. The van der Waals surface area contributed by atoms with Gasteiger partial charge in [-0.25, -0.2) is 0 Å². The van der Waals surface area contributed by atoms with Crippen LogP contribution in [0.25, 0.3) is 0 Å². The zero-order valence-corrected chi connectivity index (χ0v) is 5.22. The normalized spacial score (nSPS) is 8.89. The van der Waals surface area contributed by atoms with E-state index in [9.17, 15) is 4.79 Å². The third-order valence-corrected chi connectivity index (χ3v) is 1.25. The fraction of sp³-hybridized carbons (Fsp3) is 0. The Hall–Kier alpha value is -0.970. The van der Waals surface area contributed by atoms with Crippen LogP contribution in [0.2, 0.25) is 0 Å². The van der Waals surface area contributed by atoms with Gasteiger partial charge in [-0.2, -0.15) is 0 Å². The van der Waals surface area contributed by atoms with Crippen LogP contribution in [-0.4, -0.2) is 11.6 Å². The molecule has 0 radical (unpaired) electrons. The SMILES string of the molecule is O=CNSc1ccno1. The van der Waals surface area contributed by atoms with Crippen LogP contribution >= 0.6 is 11.9 Å². The Kier molecular flexibility index (Phi) is 2.14. The molecule has 48 valence electrons. The summed E-state index contributed by atoms with van der Waals surface area (Å²) in [6.45, 7) is 0. The molecule has 0 bridgehead atoms. The number of nitrogens with zero attached hydrogens (tertiary/aromatic N) is 1. The van der Waals surface area contributed by atoms with Crippen LogP contribution in [0, 0.1) is 0 Å². The molecule has 0 aromatic carbocycles. The van der Waals surface area contributed by atoms with E-state index in [4.69, 9.17) is 0 Å². The maximum atomic E-state index is 9.71. The monoisotopic (exact) mass is 144 g/mol. The van der Waals surface area contributed by atoms with E-state index in [0.29, 0.717) is 11.5 Å². The van der Waals surface area contributed by atoms with Crippen molar-refractivity contribution in [1.82, 2.24) is 9.88 Å². The largest absolute Gasteiger partial charge is 0.348 e. The van der Waals surface area contributed by atoms with E-state index < -0.39 is 0 Å². The highest BCUT2D eigenvalue weighted by atomic mass is 32.2. The maximum Gasteiger partial charge on any atom is 0.217 e. The first-order valence-electron chi connectivity index (χ1n) is 2.20. The van der Waals surface area contributed by atoms with Crippen molar-refractivity contribution >= 4 is 18.4 Å². The standard InChI is InChI=1S/C4H4N2O2S/c7-3-6-9-4-1-2-5-8-4/h1-3H,(H,6,7). The predicted octanol–water partition coefficient (Wildman–Crippen LogP) is 0.428. The van der Waals surface area contributed by atoms with Gasteiger partial charge in [-0.1, -0.05) is 5.16 Å². The summed E-state index contributed by atoms with van der Waals surface area (Å²) in [6.07, 6.45) is 2.09.